The highest BCUT2D eigenvalue weighted by atomic mass is 35.5. The first-order chi connectivity index (χ1) is 7.90. The number of nitrogens with one attached hydrogen (secondary N) is 1. The predicted molar refractivity (Wildman–Crippen MR) is 81.6 cm³/mol. The number of carbonyl (C=O) groups is 1. The third-order valence-corrected chi connectivity index (χ3v) is 3.05. The largest absolute Gasteiger partial charge is 0.330 e. The Morgan fingerprint density at radius 2 is 1.83 bits per heavy atom. The second-order valence-corrected chi connectivity index (χ2v) is 6.73. The van der Waals surface area contributed by atoms with Crippen LogP contribution in [-0.2, 0) is 4.79 Å². The first-order valence-corrected chi connectivity index (χ1v) is 6.51. The maximum Gasteiger partial charge on any atom is 0.225 e. The Balaban J connectivity index is 0.00000289. The van der Waals surface area contributed by atoms with E-state index in [1.807, 2.05) is 24.3 Å². The van der Waals surface area contributed by atoms with Crippen LogP contribution in [0.15, 0.2) is 29.2 Å². The molecule has 3 N–H and O–H groups in total. The third kappa shape index (κ3) is 6.89. The molecule has 18 heavy (non-hydrogen) atoms. The molecular weight excluding hydrogens is 268 g/mol. The predicted octanol–water partition coefficient (Wildman–Crippen LogP) is 3.29. The molecule has 0 fully saturated rings. The number of thioether (sulfide) groups is 1. The smallest absolute Gasteiger partial charge is 0.225 e. The van der Waals surface area contributed by atoms with Crippen LogP contribution in [-0.4, -0.2) is 17.2 Å². The van der Waals surface area contributed by atoms with E-state index in [0.717, 1.165) is 5.69 Å². The molecule has 0 bridgehead atoms. The van der Waals surface area contributed by atoms with Gasteiger partial charge < -0.3 is 11.1 Å². The van der Waals surface area contributed by atoms with Crippen molar-refractivity contribution in [2.75, 3.05) is 11.9 Å². The molecule has 0 aliphatic heterocycles. The molecule has 0 saturated heterocycles. The van der Waals surface area contributed by atoms with E-state index >= 15 is 0 Å². The lowest BCUT2D eigenvalue weighted by atomic mass is 10.3. The monoisotopic (exact) mass is 288 g/mol. The first-order valence-electron chi connectivity index (χ1n) is 5.70. The van der Waals surface area contributed by atoms with Crippen molar-refractivity contribution in [2.24, 2.45) is 5.73 Å². The van der Waals surface area contributed by atoms with E-state index < -0.39 is 0 Å². The van der Waals surface area contributed by atoms with E-state index in [9.17, 15) is 4.79 Å². The highest BCUT2D eigenvalue weighted by molar-refractivity contribution is 8.00. The molecule has 0 heterocycles. The summed E-state index contributed by atoms with van der Waals surface area (Å²) in [6.45, 7) is 6.90. The molecule has 0 spiro atoms. The van der Waals surface area contributed by atoms with Gasteiger partial charge in [0.2, 0.25) is 5.91 Å². The normalized spacial score (nSPS) is 10.7. The molecule has 3 nitrogen and oxygen atoms in total. The highest BCUT2D eigenvalue weighted by Gasteiger charge is 2.11. The fourth-order valence-electron chi connectivity index (χ4n) is 1.31. The van der Waals surface area contributed by atoms with Crippen LogP contribution in [0.4, 0.5) is 5.69 Å². The summed E-state index contributed by atoms with van der Waals surface area (Å²) in [5.41, 5.74) is 6.13. The van der Waals surface area contributed by atoms with Crippen LogP contribution in [0, 0.1) is 0 Å². The SMILES string of the molecule is CC(C)(C)Sc1ccc(NC(=O)CCN)cc1.Cl. The second kappa shape index (κ2) is 7.67. The standard InChI is InChI=1S/C13H20N2OS.ClH/c1-13(2,3)17-11-6-4-10(5-7-11)15-12(16)8-9-14;/h4-7H,8-9,14H2,1-3H3,(H,15,16);1H. The number of hydrogen-bond acceptors (Lipinski definition) is 3. The lowest BCUT2D eigenvalue weighted by molar-refractivity contribution is -0.116. The second-order valence-electron chi connectivity index (χ2n) is 4.83. The minimum atomic E-state index is -0.0382. The number of halogens is 1. The number of benzene rings is 1. The molecule has 0 atom stereocenters. The van der Waals surface area contributed by atoms with Gasteiger partial charge in [-0.05, 0) is 24.3 Å². The van der Waals surface area contributed by atoms with Crippen molar-refractivity contribution in [1.82, 2.24) is 0 Å². The van der Waals surface area contributed by atoms with Gasteiger partial charge >= 0.3 is 0 Å². The molecule has 0 saturated carbocycles. The van der Waals surface area contributed by atoms with E-state index in [2.05, 4.69) is 26.1 Å². The lowest BCUT2D eigenvalue weighted by Crippen LogP contribution is -2.16. The molecule has 0 unspecified atom stereocenters. The zero-order valence-corrected chi connectivity index (χ0v) is 12.7. The molecule has 0 radical (unpaired) electrons. The Labute approximate surface area is 119 Å². The fraction of sp³-hybridized carbons (Fsp3) is 0.462. The molecule has 0 aromatic heterocycles. The van der Waals surface area contributed by atoms with E-state index in [1.54, 1.807) is 11.8 Å². The molecule has 1 aromatic rings. The van der Waals surface area contributed by atoms with Gasteiger partial charge in [-0.25, -0.2) is 0 Å². The van der Waals surface area contributed by atoms with E-state index in [-0.39, 0.29) is 23.1 Å². The van der Waals surface area contributed by atoms with Gasteiger partial charge in [0.25, 0.3) is 0 Å². The van der Waals surface area contributed by atoms with Crippen LogP contribution < -0.4 is 11.1 Å². The maximum atomic E-state index is 11.3. The Hall–Kier alpha value is -0.710. The molecule has 102 valence electrons. The lowest BCUT2D eigenvalue weighted by Gasteiger charge is -2.17. The zero-order chi connectivity index (χ0) is 12.9. The van der Waals surface area contributed by atoms with Crippen LogP contribution in [0.5, 0.6) is 0 Å². The zero-order valence-electron chi connectivity index (χ0n) is 11.0. The molecular formula is C13H21ClN2OS. The minimum Gasteiger partial charge on any atom is -0.330 e. The summed E-state index contributed by atoms with van der Waals surface area (Å²) in [6, 6.07) is 7.88. The van der Waals surface area contributed by atoms with Gasteiger partial charge in [0.15, 0.2) is 0 Å². The van der Waals surface area contributed by atoms with Crippen LogP contribution in [0.3, 0.4) is 0 Å². The van der Waals surface area contributed by atoms with Crippen molar-refractivity contribution in [1.29, 1.82) is 0 Å². The molecule has 0 aliphatic rings. The summed E-state index contributed by atoms with van der Waals surface area (Å²) in [7, 11) is 0. The van der Waals surface area contributed by atoms with Crippen LogP contribution in [0.25, 0.3) is 0 Å². The van der Waals surface area contributed by atoms with E-state index in [1.165, 1.54) is 4.90 Å². The van der Waals surface area contributed by atoms with E-state index in [4.69, 9.17) is 5.73 Å². The van der Waals surface area contributed by atoms with Gasteiger partial charge in [0.1, 0.15) is 0 Å². The molecule has 1 aromatic carbocycles. The number of amides is 1. The van der Waals surface area contributed by atoms with Crippen molar-refractivity contribution in [3.8, 4) is 0 Å². The molecule has 5 heteroatoms. The topological polar surface area (TPSA) is 55.1 Å². The number of carbonyl (C=O) groups excluding carboxylic acids is 1. The average Bonchev–Trinajstić information content (AvgIpc) is 2.19. The molecule has 1 rings (SSSR count). The van der Waals surface area contributed by atoms with Crippen molar-refractivity contribution < 1.29 is 4.79 Å². The number of nitrogens with two attached hydrogens (primary N) is 1. The fourth-order valence-corrected chi connectivity index (χ4v) is 2.29. The van der Waals surface area contributed by atoms with Crippen LogP contribution in [0.1, 0.15) is 27.2 Å². The summed E-state index contributed by atoms with van der Waals surface area (Å²) in [6.07, 6.45) is 0.360. The maximum absolute atomic E-state index is 11.3. The van der Waals surface area contributed by atoms with Crippen molar-refractivity contribution in [3.63, 3.8) is 0 Å². The number of anilines is 1. The van der Waals surface area contributed by atoms with Crippen molar-refractivity contribution in [3.05, 3.63) is 24.3 Å². The Morgan fingerprint density at radius 3 is 2.28 bits per heavy atom. The van der Waals surface area contributed by atoms with Crippen LogP contribution in [0.2, 0.25) is 0 Å². The summed E-state index contributed by atoms with van der Waals surface area (Å²) in [5.74, 6) is -0.0382. The number of rotatable bonds is 4. The van der Waals surface area contributed by atoms with Crippen molar-refractivity contribution in [2.45, 2.75) is 36.8 Å². The van der Waals surface area contributed by atoms with Gasteiger partial charge in [-0.2, -0.15) is 0 Å². The van der Waals surface area contributed by atoms with E-state index in [0.29, 0.717) is 13.0 Å². The van der Waals surface area contributed by atoms with Gasteiger partial charge in [0, 0.05) is 28.3 Å². The Kier molecular flexibility index (Phi) is 7.36. The van der Waals surface area contributed by atoms with Gasteiger partial charge in [-0.3, -0.25) is 4.79 Å². The highest BCUT2D eigenvalue weighted by Crippen LogP contribution is 2.32. The third-order valence-electron chi connectivity index (χ3n) is 1.93. The molecule has 0 aliphatic carbocycles. The Morgan fingerprint density at radius 1 is 1.28 bits per heavy atom. The minimum absolute atomic E-state index is 0. The quantitative estimate of drug-likeness (QED) is 0.836. The van der Waals surface area contributed by atoms with Gasteiger partial charge in [-0.1, -0.05) is 20.8 Å². The Bertz CT molecular complexity index is 374. The summed E-state index contributed by atoms with van der Waals surface area (Å²) in [4.78, 5) is 12.5. The van der Waals surface area contributed by atoms with Crippen LogP contribution >= 0.6 is 24.2 Å². The summed E-state index contributed by atoms with van der Waals surface area (Å²) >= 11 is 1.81. The average molecular weight is 289 g/mol. The first kappa shape index (κ1) is 17.3. The van der Waals surface area contributed by atoms with Gasteiger partial charge in [-0.15, -0.1) is 24.2 Å². The van der Waals surface area contributed by atoms with Crippen molar-refractivity contribution >= 4 is 35.8 Å². The molecule has 1 amide bonds. The summed E-state index contributed by atoms with van der Waals surface area (Å²) < 4.78 is 0.199. The number of hydrogen-bond donors (Lipinski definition) is 2. The van der Waals surface area contributed by atoms with Gasteiger partial charge in [0.05, 0.1) is 0 Å². The summed E-state index contributed by atoms with van der Waals surface area (Å²) in [5, 5.41) is 2.80.